The average Bonchev–Trinajstić information content (AvgIpc) is 1.82. The van der Waals surface area contributed by atoms with E-state index < -0.39 is 0 Å². The molecule has 4 heteroatoms. The number of aliphatic hydroxyl groups excluding tert-OH is 1. The molecule has 0 atom stereocenters. The van der Waals surface area contributed by atoms with E-state index in [9.17, 15) is 0 Å². The van der Waals surface area contributed by atoms with Crippen molar-refractivity contribution in [2.45, 2.75) is 19.4 Å². The zero-order valence-corrected chi connectivity index (χ0v) is 9.98. The molecule has 0 unspecified atom stereocenters. The Morgan fingerprint density at radius 1 is 1.31 bits per heavy atom. The van der Waals surface area contributed by atoms with Gasteiger partial charge < -0.3 is 10.0 Å². The number of thiocarbonyl (C=S) groups is 1. The van der Waals surface area contributed by atoms with Crippen LogP contribution in [-0.2, 0) is 0 Å². The Hall–Kier alpha value is -0.190. The molecule has 0 fully saturated rings. The molecule has 0 spiro atoms. The molecule has 0 saturated heterocycles. The van der Waals surface area contributed by atoms with Gasteiger partial charge in [-0.3, -0.25) is 4.90 Å². The average molecular weight is 204 g/mol. The van der Waals surface area contributed by atoms with Gasteiger partial charge in [0.2, 0.25) is 0 Å². The molecule has 1 N–H and O–H groups in total. The highest BCUT2D eigenvalue weighted by atomic mass is 32.1. The predicted molar refractivity (Wildman–Crippen MR) is 60.5 cm³/mol. The SMILES string of the molecule is CN(CC(O)=S)CC(C)(C)N(C)C. The van der Waals surface area contributed by atoms with E-state index >= 15 is 0 Å². The summed E-state index contributed by atoms with van der Waals surface area (Å²) in [6.07, 6.45) is 0. The predicted octanol–water partition coefficient (Wildman–Crippen LogP) is 1.14. The molecule has 0 aromatic carbocycles. The van der Waals surface area contributed by atoms with Crippen LogP contribution in [-0.4, -0.2) is 59.7 Å². The summed E-state index contributed by atoms with van der Waals surface area (Å²) in [5.74, 6) is 0. The first kappa shape index (κ1) is 12.8. The summed E-state index contributed by atoms with van der Waals surface area (Å²) < 4.78 is 0. The third kappa shape index (κ3) is 5.18. The molecule has 0 aliphatic heterocycles. The molecule has 0 aliphatic carbocycles. The van der Waals surface area contributed by atoms with Crippen LogP contribution >= 0.6 is 12.2 Å². The summed E-state index contributed by atoms with van der Waals surface area (Å²) in [7, 11) is 6.05. The van der Waals surface area contributed by atoms with E-state index in [1.54, 1.807) is 0 Å². The van der Waals surface area contributed by atoms with E-state index in [1.807, 2.05) is 26.0 Å². The van der Waals surface area contributed by atoms with Crippen LogP contribution in [0.15, 0.2) is 0 Å². The molecule has 0 heterocycles. The number of likely N-dealkylation sites (N-methyl/N-ethyl adjacent to an activating group) is 2. The molecule has 0 aliphatic rings. The highest BCUT2D eigenvalue weighted by molar-refractivity contribution is 7.80. The summed E-state index contributed by atoms with van der Waals surface area (Å²) in [5.41, 5.74) is 0.0968. The van der Waals surface area contributed by atoms with Gasteiger partial charge in [-0.15, -0.1) is 0 Å². The number of hydrogen-bond donors (Lipinski definition) is 1. The minimum absolute atomic E-state index is 0.0528. The van der Waals surface area contributed by atoms with Gasteiger partial charge in [-0.1, -0.05) is 0 Å². The van der Waals surface area contributed by atoms with Gasteiger partial charge in [0.05, 0.1) is 6.54 Å². The van der Waals surface area contributed by atoms with E-state index in [-0.39, 0.29) is 10.6 Å². The van der Waals surface area contributed by atoms with Crippen LogP contribution in [0, 0.1) is 0 Å². The fourth-order valence-electron chi connectivity index (χ4n) is 1.09. The molecule has 0 radical (unpaired) electrons. The zero-order chi connectivity index (χ0) is 10.6. The molecule has 78 valence electrons. The Bertz CT molecular complexity index is 180. The van der Waals surface area contributed by atoms with Crippen LogP contribution in [0.5, 0.6) is 0 Å². The van der Waals surface area contributed by atoms with Crippen LogP contribution < -0.4 is 0 Å². The van der Waals surface area contributed by atoms with Crippen molar-refractivity contribution in [3.63, 3.8) is 0 Å². The lowest BCUT2D eigenvalue weighted by Crippen LogP contribution is -2.48. The minimum Gasteiger partial charge on any atom is -0.501 e. The second-order valence-corrected chi connectivity index (χ2v) is 4.74. The Morgan fingerprint density at radius 2 is 1.77 bits per heavy atom. The van der Waals surface area contributed by atoms with Crippen molar-refractivity contribution >= 4 is 17.3 Å². The first-order chi connectivity index (χ1) is 5.75. The smallest absolute Gasteiger partial charge is 0.170 e. The summed E-state index contributed by atoms with van der Waals surface area (Å²) >= 11 is 4.63. The van der Waals surface area contributed by atoms with Crippen molar-refractivity contribution in [3.8, 4) is 0 Å². The monoisotopic (exact) mass is 204 g/mol. The topological polar surface area (TPSA) is 26.7 Å². The van der Waals surface area contributed by atoms with Gasteiger partial charge in [-0.05, 0) is 47.2 Å². The van der Waals surface area contributed by atoms with E-state index in [0.29, 0.717) is 6.54 Å². The summed E-state index contributed by atoms with van der Waals surface area (Å²) in [6, 6.07) is 0. The molecule has 0 rings (SSSR count). The van der Waals surface area contributed by atoms with Gasteiger partial charge in [0.15, 0.2) is 5.05 Å². The fourth-order valence-corrected chi connectivity index (χ4v) is 1.31. The Labute approximate surface area is 86.3 Å². The Balaban J connectivity index is 4.03. The van der Waals surface area contributed by atoms with Crippen molar-refractivity contribution in [2.24, 2.45) is 0 Å². The molecule has 0 aromatic heterocycles. The highest BCUT2D eigenvalue weighted by Gasteiger charge is 2.22. The van der Waals surface area contributed by atoms with Crippen LogP contribution in [0.1, 0.15) is 13.8 Å². The van der Waals surface area contributed by atoms with Crippen molar-refractivity contribution < 1.29 is 5.11 Å². The summed E-state index contributed by atoms with van der Waals surface area (Å²) in [4.78, 5) is 4.17. The van der Waals surface area contributed by atoms with Gasteiger partial charge in [0, 0.05) is 12.1 Å². The van der Waals surface area contributed by atoms with Gasteiger partial charge in [0.1, 0.15) is 0 Å². The molecule has 0 saturated carbocycles. The molecular weight excluding hydrogens is 184 g/mol. The Kier molecular flexibility index (Phi) is 4.81. The van der Waals surface area contributed by atoms with E-state index in [1.165, 1.54) is 0 Å². The third-order valence-electron chi connectivity index (χ3n) is 2.27. The van der Waals surface area contributed by atoms with Gasteiger partial charge >= 0.3 is 0 Å². The van der Waals surface area contributed by atoms with Gasteiger partial charge in [-0.2, -0.15) is 0 Å². The second-order valence-electron chi connectivity index (χ2n) is 4.27. The molecule has 0 amide bonds. The fraction of sp³-hybridized carbons (Fsp3) is 0.889. The Morgan fingerprint density at radius 3 is 2.08 bits per heavy atom. The summed E-state index contributed by atoms with van der Waals surface area (Å²) in [5, 5.41) is 8.99. The van der Waals surface area contributed by atoms with E-state index in [0.717, 1.165) is 6.54 Å². The number of nitrogens with zero attached hydrogens (tertiary/aromatic N) is 2. The lowest BCUT2D eigenvalue weighted by atomic mass is 10.0. The van der Waals surface area contributed by atoms with Gasteiger partial charge in [0.25, 0.3) is 0 Å². The van der Waals surface area contributed by atoms with Crippen molar-refractivity contribution in [2.75, 3.05) is 34.2 Å². The zero-order valence-electron chi connectivity index (χ0n) is 9.16. The third-order valence-corrected chi connectivity index (χ3v) is 2.40. The van der Waals surface area contributed by atoms with Crippen LogP contribution in [0.2, 0.25) is 0 Å². The standard InChI is InChI=1S/C9H20N2OS/c1-9(2,10(3)4)7-11(5)6-8(12)13/h6-7H2,1-5H3,(H,12,13). The highest BCUT2D eigenvalue weighted by Crippen LogP contribution is 2.10. The maximum Gasteiger partial charge on any atom is 0.170 e. The quantitative estimate of drug-likeness (QED) is 0.680. The van der Waals surface area contributed by atoms with Crippen molar-refractivity contribution in [1.29, 1.82) is 0 Å². The largest absolute Gasteiger partial charge is 0.501 e. The summed E-state index contributed by atoms with van der Waals surface area (Å²) in [6.45, 7) is 5.65. The molecule has 13 heavy (non-hydrogen) atoms. The van der Waals surface area contributed by atoms with Gasteiger partial charge in [-0.25, -0.2) is 0 Å². The first-order valence-electron chi connectivity index (χ1n) is 4.33. The maximum atomic E-state index is 8.93. The lowest BCUT2D eigenvalue weighted by Gasteiger charge is -2.36. The van der Waals surface area contributed by atoms with E-state index in [4.69, 9.17) is 5.11 Å². The molecule has 0 aromatic rings. The first-order valence-corrected chi connectivity index (χ1v) is 4.74. The van der Waals surface area contributed by atoms with Crippen molar-refractivity contribution in [1.82, 2.24) is 9.80 Å². The van der Waals surface area contributed by atoms with Crippen LogP contribution in [0.4, 0.5) is 0 Å². The number of rotatable bonds is 5. The lowest BCUT2D eigenvalue weighted by molar-refractivity contribution is 0.141. The van der Waals surface area contributed by atoms with Crippen molar-refractivity contribution in [3.05, 3.63) is 0 Å². The number of aliphatic hydroxyl groups is 1. The van der Waals surface area contributed by atoms with E-state index in [2.05, 4.69) is 31.0 Å². The van der Waals surface area contributed by atoms with Crippen LogP contribution in [0.25, 0.3) is 0 Å². The second kappa shape index (κ2) is 4.88. The van der Waals surface area contributed by atoms with Crippen LogP contribution in [0.3, 0.4) is 0 Å². The maximum absolute atomic E-state index is 8.93. The normalized spacial score (nSPS) is 12.5. The number of hydrogen-bond acceptors (Lipinski definition) is 3. The molecule has 0 bridgehead atoms. The minimum atomic E-state index is 0.0528. The molecular formula is C9H20N2OS. The molecule has 3 nitrogen and oxygen atoms in total.